The molecule has 0 saturated heterocycles. The third-order valence-corrected chi connectivity index (χ3v) is 3.09. The van der Waals surface area contributed by atoms with Gasteiger partial charge in [0.15, 0.2) is 0 Å². The summed E-state index contributed by atoms with van der Waals surface area (Å²) in [6, 6.07) is 8.48. The molecule has 16 heavy (non-hydrogen) atoms. The number of hydrogen-bond acceptors (Lipinski definition) is 1. The minimum absolute atomic E-state index is 0.256. The van der Waals surface area contributed by atoms with Gasteiger partial charge in [-0.15, -0.1) is 0 Å². The van der Waals surface area contributed by atoms with Crippen molar-refractivity contribution in [3.05, 3.63) is 36.0 Å². The van der Waals surface area contributed by atoms with Crippen molar-refractivity contribution < 1.29 is 5.11 Å². The predicted molar refractivity (Wildman–Crippen MR) is 67.6 cm³/mol. The van der Waals surface area contributed by atoms with Crippen LogP contribution in [0.1, 0.15) is 19.4 Å². The van der Waals surface area contributed by atoms with E-state index in [0.29, 0.717) is 5.92 Å². The molecule has 0 bridgehead atoms. The van der Waals surface area contributed by atoms with Crippen LogP contribution in [0.25, 0.3) is 10.9 Å². The number of aromatic nitrogens is 1. The second kappa shape index (κ2) is 4.71. The fraction of sp³-hybridized carbons (Fsp3) is 0.429. The monoisotopic (exact) mass is 217 g/mol. The van der Waals surface area contributed by atoms with E-state index >= 15 is 0 Å². The lowest BCUT2D eigenvalue weighted by molar-refractivity contribution is 0.237. The Labute approximate surface area is 96.5 Å². The number of nitrogens with zero attached hydrogens (tertiary/aromatic N) is 1. The van der Waals surface area contributed by atoms with Crippen molar-refractivity contribution in [3.63, 3.8) is 0 Å². The van der Waals surface area contributed by atoms with Gasteiger partial charge in [-0.25, -0.2) is 0 Å². The Morgan fingerprint density at radius 3 is 2.75 bits per heavy atom. The van der Waals surface area contributed by atoms with Crippen molar-refractivity contribution in [2.24, 2.45) is 5.92 Å². The van der Waals surface area contributed by atoms with E-state index in [0.717, 1.165) is 13.0 Å². The van der Waals surface area contributed by atoms with Crippen molar-refractivity contribution in [1.82, 2.24) is 4.57 Å². The maximum Gasteiger partial charge on any atom is 0.0483 e. The quantitative estimate of drug-likeness (QED) is 0.837. The van der Waals surface area contributed by atoms with Crippen LogP contribution >= 0.6 is 0 Å². The number of hydrogen-bond donors (Lipinski definition) is 1. The molecule has 0 aliphatic rings. The molecule has 1 aromatic heterocycles. The molecule has 1 N–H and O–H groups in total. The fourth-order valence-electron chi connectivity index (χ4n) is 2.19. The van der Waals surface area contributed by atoms with Crippen LogP contribution in [0.5, 0.6) is 0 Å². The van der Waals surface area contributed by atoms with E-state index < -0.39 is 0 Å². The number of rotatable bonds is 4. The van der Waals surface area contributed by atoms with Crippen LogP contribution in [-0.2, 0) is 13.0 Å². The Morgan fingerprint density at radius 2 is 2.06 bits per heavy atom. The summed E-state index contributed by atoms with van der Waals surface area (Å²) in [5, 5.41) is 10.4. The van der Waals surface area contributed by atoms with Crippen LogP contribution < -0.4 is 0 Å². The third-order valence-electron chi connectivity index (χ3n) is 3.09. The van der Waals surface area contributed by atoms with Crippen molar-refractivity contribution >= 4 is 10.9 Å². The number of aryl methyl sites for hydroxylation is 1. The van der Waals surface area contributed by atoms with Gasteiger partial charge >= 0.3 is 0 Å². The average molecular weight is 217 g/mol. The Bertz CT molecular complexity index is 473. The average Bonchev–Trinajstić information content (AvgIpc) is 2.68. The van der Waals surface area contributed by atoms with Gasteiger partial charge in [0.1, 0.15) is 0 Å². The maximum atomic E-state index is 9.13. The molecule has 0 aliphatic carbocycles. The number of aliphatic hydroxyl groups is 1. The van der Waals surface area contributed by atoms with Crippen LogP contribution in [0.3, 0.4) is 0 Å². The molecule has 1 atom stereocenters. The third kappa shape index (κ3) is 1.98. The molecule has 1 unspecified atom stereocenters. The molecule has 86 valence electrons. The second-order valence-corrected chi connectivity index (χ2v) is 4.45. The number of aliphatic hydroxyl groups excluding tert-OH is 1. The highest BCUT2D eigenvalue weighted by molar-refractivity contribution is 5.84. The summed E-state index contributed by atoms with van der Waals surface area (Å²) in [6.45, 7) is 5.49. The Kier molecular flexibility index (Phi) is 3.30. The molecule has 0 saturated carbocycles. The van der Waals surface area contributed by atoms with Crippen LogP contribution in [0.2, 0.25) is 0 Å². The zero-order valence-corrected chi connectivity index (χ0v) is 9.98. The van der Waals surface area contributed by atoms with E-state index in [1.165, 1.54) is 16.5 Å². The summed E-state index contributed by atoms with van der Waals surface area (Å²) in [5.41, 5.74) is 2.64. The highest BCUT2D eigenvalue weighted by atomic mass is 16.3. The highest BCUT2D eigenvalue weighted by Gasteiger charge is 2.09. The molecule has 0 amide bonds. The maximum absolute atomic E-state index is 9.13. The van der Waals surface area contributed by atoms with Crippen LogP contribution in [-0.4, -0.2) is 16.3 Å². The van der Waals surface area contributed by atoms with Crippen LogP contribution in [0.4, 0.5) is 0 Å². The summed E-state index contributed by atoms with van der Waals surface area (Å²) >= 11 is 0. The normalized spacial score (nSPS) is 13.2. The summed E-state index contributed by atoms with van der Waals surface area (Å²) in [6.07, 6.45) is 3.17. The minimum atomic E-state index is 0.256. The van der Waals surface area contributed by atoms with Gasteiger partial charge < -0.3 is 9.67 Å². The summed E-state index contributed by atoms with van der Waals surface area (Å²) in [5.74, 6) is 0.330. The van der Waals surface area contributed by atoms with Gasteiger partial charge in [0, 0.05) is 30.3 Å². The SMILES string of the molecule is CCn1cc(CC(C)CO)c2ccccc21. The lowest BCUT2D eigenvalue weighted by Crippen LogP contribution is -2.04. The van der Waals surface area contributed by atoms with Gasteiger partial charge in [0.05, 0.1) is 0 Å². The topological polar surface area (TPSA) is 25.2 Å². The Balaban J connectivity index is 2.45. The lowest BCUT2D eigenvalue weighted by atomic mass is 10.0. The van der Waals surface area contributed by atoms with E-state index in [9.17, 15) is 0 Å². The molecule has 1 aromatic carbocycles. The highest BCUT2D eigenvalue weighted by Crippen LogP contribution is 2.23. The first kappa shape index (κ1) is 11.2. The molecule has 0 spiro atoms. The van der Waals surface area contributed by atoms with E-state index in [-0.39, 0.29) is 6.61 Å². The van der Waals surface area contributed by atoms with Gasteiger partial charge in [-0.05, 0) is 30.9 Å². The van der Waals surface area contributed by atoms with Gasteiger partial charge in [-0.1, -0.05) is 25.1 Å². The second-order valence-electron chi connectivity index (χ2n) is 4.45. The van der Waals surface area contributed by atoms with E-state index in [1.807, 2.05) is 0 Å². The molecule has 2 aromatic rings. The Morgan fingerprint density at radius 1 is 1.31 bits per heavy atom. The van der Waals surface area contributed by atoms with Gasteiger partial charge in [-0.2, -0.15) is 0 Å². The molecule has 0 radical (unpaired) electrons. The molecule has 0 fully saturated rings. The fourth-order valence-corrected chi connectivity index (χ4v) is 2.19. The van der Waals surface area contributed by atoms with Crippen molar-refractivity contribution in [2.45, 2.75) is 26.8 Å². The van der Waals surface area contributed by atoms with Crippen molar-refractivity contribution in [2.75, 3.05) is 6.61 Å². The Hall–Kier alpha value is -1.28. The van der Waals surface area contributed by atoms with Crippen molar-refractivity contribution in [3.8, 4) is 0 Å². The first-order valence-electron chi connectivity index (χ1n) is 5.93. The smallest absolute Gasteiger partial charge is 0.0483 e. The number of fused-ring (bicyclic) bond motifs is 1. The zero-order valence-electron chi connectivity index (χ0n) is 9.98. The van der Waals surface area contributed by atoms with Gasteiger partial charge in [-0.3, -0.25) is 0 Å². The summed E-state index contributed by atoms with van der Waals surface area (Å²) < 4.78 is 2.27. The molecular weight excluding hydrogens is 198 g/mol. The largest absolute Gasteiger partial charge is 0.396 e. The molecule has 1 heterocycles. The summed E-state index contributed by atoms with van der Waals surface area (Å²) in [4.78, 5) is 0. The lowest BCUT2D eigenvalue weighted by Gasteiger charge is -2.05. The molecular formula is C14H19NO. The van der Waals surface area contributed by atoms with Crippen LogP contribution in [0, 0.1) is 5.92 Å². The zero-order chi connectivity index (χ0) is 11.5. The molecule has 2 nitrogen and oxygen atoms in total. The first-order valence-corrected chi connectivity index (χ1v) is 5.93. The summed E-state index contributed by atoms with van der Waals surface area (Å²) in [7, 11) is 0. The minimum Gasteiger partial charge on any atom is -0.396 e. The van der Waals surface area contributed by atoms with Crippen molar-refractivity contribution in [1.29, 1.82) is 0 Å². The van der Waals surface area contributed by atoms with Gasteiger partial charge in [0.25, 0.3) is 0 Å². The molecule has 2 heteroatoms. The standard InChI is InChI=1S/C14H19NO/c1-3-15-9-12(8-11(2)10-16)13-6-4-5-7-14(13)15/h4-7,9,11,16H,3,8,10H2,1-2H3. The molecule has 2 rings (SSSR count). The van der Waals surface area contributed by atoms with E-state index in [2.05, 4.69) is 48.9 Å². The first-order chi connectivity index (χ1) is 7.76. The number of para-hydroxylation sites is 1. The van der Waals surface area contributed by atoms with E-state index in [4.69, 9.17) is 5.11 Å². The van der Waals surface area contributed by atoms with Crippen LogP contribution in [0.15, 0.2) is 30.5 Å². The van der Waals surface area contributed by atoms with Gasteiger partial charge in [0.2, 0.25) is 0 Å². The van der Waals surface area contributed by atoms with E-state index in [1.54, 1.807) is 0 Å². The number of benzene rings is 1. The predicted octanol–water partition coefficient (Wildman–Crippen LogP) is 2.83. The molecule has 0 aliphatic heterocycles.